The molecule has 2 aliphatic rings. The summed E-state index contributed by atoms with van der Waals surface area (Å²) in [6.07, 6.45) is 3.60. The van der Waals surface area contributed by atoms with Gasteiger partial charge in [0, 0.05) is 19.0 Å². The van der Waals surface area contributed by atoms with Crippen LogP contribution in [0.3, 0.4) is 0 Å². The topological polar surface area (TPSA) is 58.6 Å². The van der Waals surface area contributed by atoms with E-state index in [1.807, 2.05) is 13.8 Å². The minimum atomic E-state index is -0.316. The molecule has 19 heavy (non-hydrogen) atoms. The molecule has 0 aromatic heterocycles. The van der Waals surface area contributed by atoms with E-state index in [9.17, 15) is 9.59 Å². The van der Waals surface area contributed by atoms with Gasteiger partial charge >= 0.3 is 0 Å². The molecule has 1 heterocycles. The number of amides is 1. The van der Waals surface area contributed by atoms with Gasteiger partial charge in [-0.05, 0) is 26.7 Å². The fourth-order valence-corrected chi connectivity index (χ4v) is 2.91. The highest BCUT2D eigenvalue weighted by atomic mass is 16.5. The molecular formula is C14H24N2O3. The average molecular weight is 268 g/mol. The van der Waals surface area contributed by atoms with Crippen LogP contribution >= 0.6 is 0 Å². The Morgan fingerprint density at radius 2 is 2.21 bits per heavy atom. The number of nitrogens with zero attached hydrogens (tertiary/aromatic N) is 1. The van der Waals surface area contributed by atoms with Crippen molar-refractivity contribution in [1.82, 2.24) is 10.2 Å². The van der Waals surface area contributed by atoms with Crippen LogP contribution in [0, 0.1) is 0 Å². The zero-order valence-electron chi connectivity index (χ0n) is 11.9. The van der Waals surface area contributed by atoms with Gasteiger partial charge in [-0.25, -0.2) is 0 Å². The maximum atomic E-state index is 12.2. The third-order valence-electron chi connectivity index (χ3n) is 3.83. The second-order valence-electron chi connectivity index (χ2n) is 5.72. The number of rotatable bonds is 3. The predicted octanol–water partition coefficient (Wildman–Crippen LogP) is 0.723. The second kappa shape index (κ2) is 6.48. The maximum absolute atomic E-state index is 12.2. The lowest BCUT2D eigenvalue weighted by molar-refractivity contribution is -0.141. The Labute approximate surface area is 114 Å². The Kier molecular flexibility index (Phi) is 4.93. The number of nitrogens with one attached hydrogen (secondary N) is 1. The summed E-state index contributed by atoms with van der Waals surface area (Å²) in [5.74, 6) is 0.267. The highest BCUT2D eigenvalue weighted by Gasteiger charge is 2.38. The van der Waals surface area contributed by atoms with Gasteiger partial charge in [-0.2, -0.15) is 0 Å². The zero-order chi connectivity index (χ0) is 13.8. The second-order valence-corrected chi connectivity index (χ2v) is 5.72. The number of hydrogen-bond acceptors (Lipinski definition) is 4. The molecule has 108 valence electrons. The average Bonchev–Trinajstić information content (AvgIpc) is 2.38. The van der Waals surface area contributed by atoms with Crippen molar-refractivity contribution in [2.75, 3.05) is 19.8 Å². The number of morpholine rings is 1. The van der Waals surface area contributed by atoms with Crippen LogP contribution in [0.25, 0.3) is 0 Å². The van der Waals surface area contributed by atoms with Gasteiger partial charge in [0.05, 0.1) is 19.3 Å². The Bertz CT molecular complexity index is 344. The van der Waals surface area contributed by atoms with Crippen molar-refractivity contribution >= 4 is 11.7 Å². The molecule has 0 aromatic carbocycles. The largest absolute Gasteiger partial charge is 0.378 e. The molecule has 1 N–H and O–H groups in total. The molecule has 5 heteroatoms. The fraction of sp³-hybridized carbons (Fsp3) is 0.857. The normalized spacial score (nSPS) is 29.5. The molecule has 1 saturated heterocycles. The lowest BCUT2D eigenvalue weighted by Crippen LogP contribution is -2.60. The monoisotopic (exact) mass is 268 g/mol. The van der Waals surface area contributed by atoms with E-state index in [-0.39, 0.29) is 29.8 Å². The summed E-state index contributed by atoms with van der Waals surface area (Å²) in [4.78, 5) is 26.4. The van der Waals surface area contributed by atoms with Gasteiger partial charge in [0.25, 0.3) is 0 Å². The van der Waals surface area contributed by atoms with Crippen molar-refractivity contribution in [2.24, 2.45) is 0 Å². The van der Waals surface area contributed by atoms with Crippen LogP contribution in [-0.4, -0.2) is 54.5 Å². The van der Waals surface area contributed by atoms with Crippen molar-refractivity contribution in [3.05, 3.63) is 0 Å². The molecule has 1 aliphatic carbocycles. The molecule has 1 saturated carbocycles. The Balaban J connectivity index is 2.06. The first kappa shape index (κ1) is 14.5. The van der Waals surface area contributed by atoms with Gasteiger partial charge in [0.2, 0.25) is 5.91 Å². The van der Waals surface area contributed by atoms with Crippen molar-refractivity contribution in [2.45, 2.75) is 57.7 Å². The maximum Gasteiger partial charge on any atom is 0.239 e. The predicted molar refractivity (Wildman–Crippen MR) is 71.9 cm³/mol. The molecule has 5 nitrogen and oxygen atoms in total. The van der Waals surface area contributed by atoms with Gasteiger partial charge in [-0.3, -0.25) is 14.5 Å². The summed E-state index contributed by atoms with van der Waals surface area (Å²) in [6.45, 7) is 5.56. The van der Waals surface area contributed by atoms with Gasteiger partial charge in [0.1, 0.15) is 11.8 Å². The van der Waals surface area contributed by atoms with Gasteiger partial charge in [-0.1, -0.05) is 6.42 Å². The molecule has 2 fully saturated rings. The molecule has 0 spiro atoms. The van der Waals surface area contributed by atoms with Crippen LogP contribution in [0.4, 0.5) is 0 Å². The Hall–Kier alpha value is -0.940. The van der Waals surface area contributed by atoms with E-state index < -0.39 is 0 Å². The number of hydrogen-bond donors (Lipinski definition) is 1. The van der Waals surface area contributed by atoms with Crippen LogP contribution in [0.2, 0.25) is 0 Å². The van der Waals surface area contributed by atoms with Crippen LogP contribution in [0.15, 0.2) is 0 Å². The summed E-state index contributed by atoms with van der Waals surface area (Å²) in [5, 5.41) is 2.92. The highest BCUT2D eigenvalue weighted by molar-refractivity contribution is 5.87. The summed E-state index contributed by atoms with van der Waals surface area (Å²) >= 11 is 0. The Morgan fingerprint density at radius 3 is 2.89 bits per heavy atom. The van der Waals surface area contributed by atoms with E-state index >= 15 is 0 Å². The molecule has 2 rings (SSSR count). The van der Waals surface area contributed by atoms with Gasteiger partial charge in [0.15, 0.2) is 0 Å². The summed E-state index contributed by atoms with van der Waals surface area (Å²) in [6, 6.07) is -0.290. The third-order valence-corrected chi connectivity index (χ3v) is 3.83. The van der Waals surface area contributed by atoms with E-state index in [2.05, 4.69) is 10.2 Å². The first-order valence-corrected chi connectivity index (χ1v) is 7.26. The quantitative estimate of drug-likeness (QED) is 0.819. The number of ketones is 1. The van der Waals surface area contributed by atoms with E-state index in [0.29, 0.717) is 26.2 Å². The van der Waals surface area contributed by atoms with E-state index in [1.54, 1.807) is 0 Å². The van der Waals surface area contributed by atoms with Gasteiger partial charge < -0.3 is 10.1 Å². The van der Waals surface area contributed by atoms with Crippen LogP contribution in [0.1, 0.15) is 39.5 Å². The Morgan fingerprint density at radius 1 is 1.42 bits per heavy atom. The van der Waals surface area contributed by atoms with Crippen molar-refractivity contribution in [1.29, 1.82) is 0 Å². The lowest BCUT2D eigenvalue weighted by Gasteiger charge is -2.40. The van der Waals surface area contributed by atoms with E-state index in [1.165, 1.54) is 0 Å². The number of carbonyl (C=O) groups excluding carboxylic acids is 2. The zero-order valence-corrected chi connectivity index (χ0v) is 11.9. The van der Waals surface area contributed by atoms with E-state index in [0.717, 1.165) is 19.3 Å². The summed E-state index contributed by atoms with van der Waals surface area (Å²) < 4.78 is 5.43. The first-order chi connectivity index (χ1) is 9.09. The number of Topliss-reactive ketones (excluding diaryl/α,β-unsaturated/α-hetero) is 1. The van der Waals surface area contributed by atoms with Crippen molar-refractivity contribution in [3.8, 4) is 0 Å². The van der Waals surface area contributed by atoms with Crippen LogP contribution < -0.4 is 5.32 Å². The third kappa shape index (κ3) is 3.54. The summed E-state index contributed by atoms with van der Waals surface area (Å²) in [5.41, 5.74) is 0. The molecule has 1 aliphatic heterocycles. The lowest BCUT2D eigenvalue weighted by atomic mass is 9.91. The van der Waals surface area contributed by atoms with Gasteiger partial charge in [-0.15, -0.1) is 0 Å². The molecule has 1 amide bonds. The molecule has 0 radical (unpaired) electrons. The smallest absolute Gasteiger partial charge is 0.239 e. The number of carbonyl (C=O) groups is 2. The SMILES string of the molecule is CC(C)NC(=O)C1COCCN1C1CCCCC1=O. The summed E-state index contributed by atoms with van der Waals surface area (Å²) in [7, 11) is 0. The number of ether oxygens (including phenoxy) is 1. The van der Waals surface area contributed by atoms with E-state index in [4.69, 9.17) is 4.74 Å². The fourth-order valence-electron chi connectivity index (χ4n) is 2.91. The molecule has 0 aromatic rings. The standard InChI is InChI=1S/C14H24N2O3/c1-10(2)15-14(18)12-9-19-8-7-16(12)11-5-3-4-6-13(11)17/h10-12H,3-9H2,1-2H3,(H,15,18). The molecule has 2 atom stereocenters. The van der Waals surface area contributed by atoms with Crippen molar-refractivity contribution < 1.29 is 14.3 Å². The minimum absolute atomic E-state index is 0.0203. The minimum Gasteiger partial charge on any atom is -0.378 e. The van der Waals surface area contributed by atoms with Crippen molar-refractivity contribution in [3.63, 3.8) is 0 Å². The first-order valence-electron chi connectivity index (χ1n) is 7.26. The van der Waals surface area contributed by atoms with Crippen LogP contribution in [-0.2, 0) is 14.3 Å². The molecular weight excluding hydrogens is 244 g/mol. The molecule has 0 bridgehead atoms. The highest BCUT2D eigenvalue weighted by Crippen LogP contribution is 2.23. The van der Waals surface area contributed by atoms with Crippen LogP contribution in [0.5, 0.6) is 0 Å². The molecule has 2 unspecified atom stereocenters.